The fourth-order valence-corrected chi connectivity index (χ4v) is 5.35. The predicted octanol–water partition coefficient (Wildman–Crippen LogP) is 1.83. The molecule has 0 spiro atoms. The number of hydrogen-bond donors (Lipinski definition) is 1. The van der Waals surface area contributed by atoms with E-state index in [9.17, 15) is 9.90 Å². The van der Waals surface area contributed by atoms with Crippen LogP contribution in [-0.2, 0) is 24.2 Å². The summed E-state index contributed by atoms with van der Waals surface area (Å²) in [6.07, 6.45) is 0.443. The number of nitrogens with zero attached hydrogens (tertiary/aromatic N) is 4. The molecule has 7 heteroatoms. The van der Waals surface area contributed by atoms with Gasteiger partial charge in [0.2, 0.25) is 0 Å². The van der Waals surface area contributed by atoms with E-state index in [1.165, 1.54) is 16.7 Å². The normalized spacial score (nSPS) is 20.6. The summed E-state index contributed by atoms with van der Waals surface area (Å²) in [7, 11) is 2.05. The third kappa shape index (κ3) is 5.28. The van der Waals surface area contributed by atoms with Gasteiger partial charge in [-0.3, -0.25) is 14.6 Å². The summed E-state index contributed by atoms with van der Waals surface area (Å²) in [5.41, 5.74) is 5.68. The standard InChI is InChI=1S/C27H36N4O3/c1-28-10-11-31(20-24(32)19-30-9-8-22-4-2-3-5-23(22)18-30)27(33)25-7-6-21(16-26(25)28)17-29-12-14-34-15-13-29/h2-7,16,24,32H,8-15,17-20H2,1H3. The molecular weight excluding hydrogens is 428 g/mol. The Morgan fingerprint density at radius 2 is 1.74 bits per heavy atom. The number of likely N-dealkylation sites (N-methyl/N-ethyl adjacent to an activating group) is 1. The van der Waals surface area contributed by atoms with Crippen LogP contribution in [0.2, 0.25) is 0 Å². The number of ether oxygens (including phenoxy) is 1. The van der Waals surface area contributed by atoms with Crippen molar-refractivity contribution in [3.8, 4) is 0 Å². The molecule has 1 fully saturated rings. The van der Waals surface area contributed by atoms with Gasteiger partial charge in [0.1, 0.15) is 0 Å². The zero-order chi connectivity index (χ0) is 23.5. The molecule has 1 unspecified atom stereocenters. The average molecular weight is 465 g/mol. The van der Waals surface area contributed by atoms with E-state index in [0.29, 0.717) is 19.6 Å². The van der Waals surface area contributed by atoms with Crippen molar-refractivity contribution in [2.24, 2.45) is 0 Å². The Bertz CT molecular complexity index is 1010. The zero-order valence-electron chi connectivity index (χ0n) is 20.2. The van der Waals surface area contributed by atoms with Crippen LogP contribution in [0.4, 0.5) is 5.69 Å². The van der Waals surface area contributed by atoms with Crippen molar-refractivity contribution >= 4 is 11.6 Å². The Morgan fingerprint density at radius 3 is 2.56 bits per heavy atom. The first-order chi connectivity index (χ1) is 16.6. The van der Waals surface area contributed by atoms with E-state index in [2.05, 4.69) is 58.1 Å². The lowest BCUT2D eigenvalue weighted by molar-refractivity contribution is 0.0342. The summed E-state index contributed by atoms with van der Waals surface area (Å²) >= 11 is 0. The fraction of sp³-hybridized carbons (Fsp3) is 0.519. The van der Waals surface area contributed by atoms with Gasteiger partial charge in [0.05, 0.1) is 24.9 Å². The second-order valence-electron chi connectivity index (χ2n) is 9.82. The number of carbonyl (C=O) groups excluding carboxylic acids is 1. The molecule has 3 aliphatic rings. The van der Waals surface area contributed by atoms with E-state index in [1.807, 2.05) is 11.0 Å². The number of aliphatic hydroxyl groups excluding tert-OH is 1. The Kier molecular flexibility index (Phi) is 7.15. The molecule has 3 heterocycles. The minimum Gasteiger partial charge on any atom is -0.390 e. The topological polar surface area (TPSA) is 59.5 Å². The van der Waals surface area contributed by atoms with Crippen molar-refractivity contribution in [3.63, 3.8) is 0 Å². The molecule has 182 valence electrons. The summed E-state index contributed by atoms with van der Waals surface area (Å²) in [4.78, 5) is 22.1. The number of benzene rings is 2. The second-order valence-corrected chi connectivity index (χ2v) is 9.82. The lowest BCUT2D eigenvalue weighted by Gasteiger charge is -2.32. The number of β-amino-alcohol motifs (C(OH)–C–C–N with tert-alkyl or cyclic N) is 1. The Labute approximate surface area is 202 Å². The van der Waals surface area contributed by atoms with Crippen molar-refractivity contribution in [2.75, 3.05) is 71.0 Å². The van der Waals surface area contributed by atoms with E-state index in [1.54, 1.807) is 0 Å². The Hall–Kier alpha value is -2.45. The van der Waals surface area contributed by atoms with Crippen LogP contribution in [0, 0.1) is 0 Å². The molecule has 5 rings (SSSR count). The highest BCUT2D eigenvalue weighted by atomic mass is 16.5. The number of rotatable bonds is 6. The van der Waals surface area contributed by atoms with E-state index in [0.717, 1.165) is 70.2 Å². The number of amides is 1. The van der Waals surface area contributed by atoms with Crippen LogP contribution >= 0.6 is 0 Å². The average Bonchev–Trinajstić information content (AvgIpc) is 2.96. The van der Waals surface area contributed by atoms with E-state index < -0.39 is 6.10 Å². The highest BCUT2D eigenvalue weighted by Gasteiger charge is 2.28. The van der Waals surface area contributed by atoms with Crippen molar-refractivity contribution in [2.45, 2.75) is 25.6 Å². The molecule has 34 heavy (non-hydrogen) atoms. The van der Waals surface area contributed by atoms with Gasteiger partial charge in [-0.05, 0) is 35.2 Å². The highest BCUT2D eigenvalue weighted by Crippen LogP contribution is 2.27. The number of anilines is 1. The lowest BCUT2D eigenvalue weighted by atomic mass is 10.00. The molecule has 0 radical (unpaired) electrons. The Morgan fingerprint density at radius 1 is 0.941 bits per heavy atom. The molecule has 2 aromatic rings. The van der Waals surface area contributed by atoms with Crippen LogP contribution in [0.25, 0.3) is 0 Å². The van der Waals surface area contributed by atoms with Crippen LogP contribution in [-0.4, -0.2) is 97.9 Å². The van der Waals surface area contributed by atoms with Crippen molar-refractivity contribution in [1.82, 2.24) is 14.7 Å². The molecule has 1 saturated heterocycles. The predicted molar refractivity (Wildman–Crippen MR) is 133 cm³/mol. The third-order valence-corrected chi connectivity index (χ3v) is 7.32. The van der Waals surface area contributed by atoms with E-state index in [4.69, 9.17) is 4.74 Å². The quantitative estimate of drug-likeness (QED) is 0.704. The lowest BCUT2D eigenvalue weighted by Crippen LogP contribution is -2.44. The molecule has 0 aromatic heterocycles. The summed E-state index contributed by atoms with van der Waals surface area (Å²) in [5, 5.41) is 10.9. The molecule has 3 aliphatic heterocycles. The van der Waals surface area contributed by atoms with Gasteiger partial charge in [0.15, 0.2) is 0 Å². The second kappa shape index (κ2) is 10.4. The van der Waals surface area contributed by atoms with Gasteiger partial charge in [-0.1, -0.05) is 30.3 Å². The van der Waals surface area contributed by atoms with Crippen LogP contribution in [0.5, 0.6) is 0 Å². The van der Waals surface area contributed by atoms with Crippen molar-refractivity contribution in [3.05, 3.63) is 64.7 Å². The maximum Gasteiger partial charge on any atom is 0.256 e. The molecule has 1 N–H and O–H groups in total. The van der Waals surface area contributed by atoms with Gasteiger partial charge >= 0.3 is 0 Å². The maximum absolute atomic E-state index is 13.4. The summed E-state index contributed by atoms with van der Waals surface area (Å²) in [5.74, 6) is 0.0142. The smallest absolute Gasteiger partial charge is 0.256 e. The first-order valence-corrected chi connectivity index (χ1v) is 12.5. The van der Waals surface area contributed by atoms with Crippen LogP contribution < -0.4 is 4.90 Å². The monoisotopic (exact) mass is 464 g/mol. The SMILES string of the molecule is CN1CCN(CC(O)CN2CCc3ccccc3C2)C(=O)c2ccc(CN3CCOCC3)cc21. The Balaban J connectivity index is 1.22. The molecular formula is C27H36N4O3. The fourth-order valence-electron chi connectivity index (χ4n) is 5.35. The van der Waals surface area contributed by atoms with Crippen molar-refractivity contribution in [1.29, 1.82) is 0 Å². The van der Waals surface area contributed by atoms with Crippen LogP contribution in [0.15, 0.2) is 42.5 Å². The van der Waals surface area contributed by atoms with Crippen LogP contribution in [0.3, 0.4) is 0 Å². The zero-order valence-corrected chi connectivity index (χ0v) is 20.2. The summed E-state index contributed by atoms with van der Waals surface area (Å²) in [6, 6.07) is 14.7. The number of carbonyl (C=O) groups is 1. The van der Waals surface area contributed by atoms with Gasteiger partial charge in [-0.15, -0.1) is 0 Å². The molecule has 7 nitrogen and oxygen atoms in total. The van der Waals surface area contributed by atoms with Gasteiger partial charge in [-0.25, -0.2) is 0 Å². The molecule has 1 amide bonds. The summed E-state index contributed by atoms with van der Waals surface area (Å²) < 4.78 is 5.46. The number of aliphatic hydroxyl groups is 1. The summed E-state index contributed by atoms with van der Waals surface area (Å²) in [6.45, 7) is 8.44. The van der Waals surface area contributed by atoms with E-state index >= 15 is 0 Å². The number of hydrogen-bond acceptors (Lipinski definition) is 6. The van der Waals surface area contributed by atoms with E-state index in [-0.39, 0.29) is 5.91 Å². The molecule has 0 saturated carbocycles. The van der Waals surface area contributed by atoms with Gasteiger partial charge in [0, 0.05) is 71.6 Å². The first-order valence-electron chi connectivity index (χ1n) is 12.5. The maximum atomic E-state index is 13.4. The largest absolute Gasteiger partial charge is 0.390 e. The highest BCUT2D eigenvalue weighted by molar-refractivity contribution is 6.00. The molecule has 0 aliphatic carbocycles. The van der Waals surface area contributed by atoms with Crippen LogP contribution in [0.1, 0.15) is 27.0 Å². The molecule has 2 aromatic carbocycles. The number of fused-ring (bicyclic) bond motifs is 2. The van der Waals surface area contributed by atoms with Gasteiger partial charge in [-0.2, -0.15) is 0 Å². The van der Waals surface area contributed by atoms with Crippen molar-refractivity contribution < 1.29 is 14.6 Å². The van der Waals surface area contributed by atoms with Gasteiger partial charge < -0.3 is 19.6 Å². The van der Waals surface area contributed by atoms with Gasteiger partial charge in [0.25, 0.3) is 5.91 Å². The molecule has 1 atom stereocenters. The first kappa shape index (κ1) is 23.3. The number of morpholine rings is 1. The minimum atomic E-state index is -0.568. The minimum absolute atomic E-state index is 0.0142. The third-order valence-electron chi connectivity index (χ3n) is 7.32. The molecule has 0 bridgehead atoms.